The first kappa shape index (κ1) is 24.9. The van der Waals surface area contributed by atoms with Gasteiger partial charge in [-0.2, -0.15) is 4.31 Å². The van der Waals surface area contributed by atoms with E-state index in [1.165, 1.54) is 4.31 Å². The zero-order valence-electron chi connectivity index (χ0n) is 21.1. The second-order valence-corrected chi connectivity index (χ2v) is 11.8. The molecule has 0 aliphatic carbocycles. The molecule has 3 aliphatic rings. The number of piperidine rings is 1. The summed E-state index contributed by atoms with van der Waals surface area (Å²) in [5.41, 5.74) is 2.90. The van der Waals surface area contributed by atoms with Crippen LogP contribution in [0.5, 0.6) is 11.5 Å². The van der Waals surface area contributed by atoms with Gasteiger partial charge in [0.25, 0.3) is 0 Å². The van der Waals surface area contributed by atoms with Crippen molar-refractivity contribution in [1.29, 1.82) is 0 Å². The van der Waals surface area contributed by atoms with Gasteiger partial charge >= 0.3 is 0 Å². The highest BCUT2D eigenvalue weighted by Gasteiger charge is 2.34. The van der Waals surface area contributed by atoms with Crippen molar-refractivity contribution in [3.63, 3.8) is 0 Å². The molecule has 0 spiro atoms. The fraction of sp³-hybridized carbons (Fsp3) is 0.345. The van der Waals surface area contributed by atoms with E-state index in [0.29, 0.717) is 43.5 Å². The maximum atomic E-state index is 14.0. The van der Waals surface area contributed by atoms with Crippen molar-refractivity contribution >= 4 is 27.3 Å². The summed E-state index contributed by atoms with van der Waals surface area (Å²) in [6.07, 6.45) is 3.28. The minimum absolute atomic E-state index is 0.170. The lowest BCUT2D eigenvalue weighted by Crippen LogP contribution is -2.40. The molecule has 38 heavy (non-hydrogen) atoms. The fourth-order valence-corrected chi connectivity index (χ4v) is 6.95. The number of carbonyl (C=O) groups excluding carboxylic acids is 1. The molecule has 0 atom stereocenters. The van der Waals surface area contributed by atoms with E-state index >= 15 is 0 Å². The predicted octanol–water partition coefficient (Wildman–Crippen LogP) is 4.57. The number of rotatable bonds is 5. The van der Waals surface area contributed by atoms with E-state index in [1.807, 2.05) is 54.6 Å². The zero-order chi connectivity index (χ0) is 26.1. The van der Waals surface area contributed by atoms with Crippen LogP contribution in [0.25, 0.3) is 0 Å². The Morgan fingerprint density at radius 1 is 0.816 bits per heavy atom. The maximum absolute atomic E-state index is 14.0. The molecule has 0 aromatic heterocycles. The van der Waals surface area contributed by atoms with Crippen molar-refractivity contribution in [2.24, 2.45) is 0 Å². The van der Waals surface area contributed by atoms with Gasteiger partial charge in [-0.3, -0.25) is 4.79 Å². The summed E-state index contributed by atoms with van der Waals surface area (Å²) in [6, 6.07) is 20.2. The van der Waals surface area contributed by atoms with Gasteiger partial charge in [-0.25, -0.2) is 8.42 Å². The molecule has 1 amide bonds. The Bertz CT molecular complexity index is 1400. The number of hydrogen-bond acceptors (Lipinski definition) is 6. The first-order valence-electron chi connectivity index (χ1n) is 13.2. The molecule has 9 heteroatoms. The monoisotopic (exact) mass is 533 g/mol. The average Bonchev–Trinajstić information content (AvgIpc) is 2.96. The largest absolute Gasteiger partial charge is 0.457 e. The van der Waals surface area contributed by atoms with Gasteiger partial charge in [0.05, 0.1) is 35.4 Å². The molecular formula is C29H31N3O5S. The topological polar surface area (TPSA) is 88.2 Å². The number of morpholine rings is 1. The van der Waals surface area contributed by atoms with E-state index in [0.717, 1.165) is 49.2 Å². The summed E-state index contributed by atoms with van der Waals surface area (Å²) in [7, 11) is -3.73. The summed E-state index contributed by atoms with van der Waals surface area (Å²) < 4.78 is 39.8. The normalized spacial score (nSPS) is 18.3. The standard InChI is InChI=1S/C29H31N3O5S/c33-29(28-22-8-2-4-10-26(22)37-27-11-5-3-9-23(27)28)30-24-20-21(38(34,35)32-16-18-36-19-17-32)12-13-25(24)31-14-6-1-7-15-31/h2-5,8-13,20,28H,1,6-7,14-19H2,(H,30,33). The Labute approximate surface area is 223 Å². The van der Waals surface area contributed by atoms with Gasteiger partial charge in [0.1, 0.15) is 11.5 Å². The number of carbonyl (C=O) groups is 1. The van der Waals surface area contributed by atoms with Crippen LogP contribution in [-0.2, 0) is 19.6 Å². The van der Waals surface area contributed by atoms with Crippen molar-refractivity contribution < 1.29 is 22.7 Å². The summed E-state index contributed by atoms with van der Waals surface area (Å²) in [5, 5.41) is 3.13. The quantitative estimate of drug-likeness (QED) is 0.517. The zero-order valence-corrected chi connectivity index (χ0v) is 22.0. The molecule has 2 saturated heterocycles. The Kier molecular flexibility index (Phi) is 6.82. The number of ether oxygens (including phenoxy) is 2. The molecule has 198 valence electrons. The first-order valence-corrected chi connectivity index (χ1v) is 14.6. The molecule has 0 radical (unpaired) electrons. The number of fused-ring (bicyclic) bond motifs is 2. The predicted molar refractivity (Wildman–Crippen MR) is 146 cm³/mol. The van der Waals surface area contributed by atoms with Crippen LogP contribution in [0.4, 0.5) is 11.4 Å². The number of para-hydroxylation sites is 2. The molecule has 3 aromatic rings. The smallest absolute Gasteiger partial charge is 0.243 e. The minimum atomic E-state index is -3.73. The molecule has 8 nitrogen and oxygen atoms in total. The average molecular weight is 534 g/mol. The van der Waals surface area contributed by atoms with Gasteiger partial charge in [-0.05, 0) is 49.6 Å². The van der Waals surface area contributed by atoms with E-state index in [4.69, 9.17) is 9.47 Å². The second kappa shape index (κ2) is 10.4. The van der Waals surface area contributed by atoms with Gasteiger partial charge in [0.2, 0.25) is 15.9 Å². The van der Waals surface area contributed by atoms with Gasteiger partial charge in [0.15, 0.2) is 0 Å². The van der Waals surface area contributed by atoms with Crippen molar-refractivity contribution in [2.45, 2.75) is 30.1 Å². The summed E-state index contributed by atoms with van der Waals surface area (Å²) in [5.74, 6) is 0.467. The van der Waals surface area contributed by atoms with Gasteiger partial charge in [-0.15, -0.1) is 0 Å². The highest BCUT2D eigenvalue weighted by atomic mass is 32.2. The number of sulfonamides is 1. The number of hydrogen-bond donors (Lipinski definition) is 1. The van der Waals surface area contributed by atoms with Crippen LogP contribution in [0.2, 0.25) is 0 Å². The summed E-state index contributed by atoms with van der Waals surface area (Å²) in [4.78, 5) is 16.4. The van der Waals surface area contributed by atoms with E-state index in [1.54, 1.807) is 12.1 Å². The SMILES string of the molecule is O=C(Nc1cc(S(=O)(=O)N2CCOCC2)ccc1N1CCCCC1)C1c2ccccc2Oc2ccccc21. The maximum Gasteiger partial charge on any atom is 0.243 e. The third-order valence-corrected chi connectivity index (χ3v) is 9.37. The molecular weight excluding hydrogens is 502 g/mol. The molecule has 3 aliphatic heterocycles. The van der Waals surface area contributed by atoms with E-state index in [-0.39, 0.29) is 10.8 Å². The molecule has 0 bridgehead atoms. The van der Waals surface area contributed by atoms with Crippen molar-refractivity contribution in [3.05, 3.63) is 77.9 Å². The van der Waals surface area contributed by atoms with Crippen LogP contribution in [0.3, 0.4) is 0 Å². The van der Waals surface area contributed by atoms with E-state index < -0.39 is 15.9 Å². The van der Waals surface area contributed by atoms with Crippen LogP contribution in [0, 0.1) is 0 Å². The van der Waals surface area contributed by atoms with Crippen molar-refractivity contribution in [3.8, 4) is 11.5 Å². The molecule has 3 heterocycles. The Morgan fingerprint density at radius 2 is 1.45 bits per heavy atom. The van der Waals surface area contributed by atoms with E-state index in [2.05, 4.69) is 10.2 Å². The lowest BCUT2D eigenvalue weighted by atomic mass is 9.87. The van der Waals surface area contributed by atoms with Crippen molar-refractivity contribution in [1.82, 2.24) is 4.31 Å². The fourth-order valence-electron chi connectivity index (χ4n) is 5.52. The lowest BCUT2D eigenvalue weighted by Gasteiger charge is -2.32. The molecule has 3 aromatic carbocycles. The third kappa shape index (κ3) is 4.66. The number of nitrogens with one attached hydrogen (secondary N) is 1. The first-order chi connectivity index (χ1) is 18.5. The van der Waals surface area contributed by atoms with E-state index in [9.17, 15) is 13.2 Å². The van der Waals surface area contributed by atoms with Crippen LogP contribution in [-0.4, -0.2) is 58.0 Å². The molecule has 6 rings (SSSR count). The van der Waals surface area contributed by atoms with Crippen LogP contribution in [0.1, 0.15) is 36.3 Å². The van der Waals surface area contributed by atoms with Crippen LogP contribution in [0.15, 0.2) is 71.6 Å². The summed E-state index contributed by atoms with van der Waals surface area (Å²) >= 11 is 0. The molecule has 2 fully saturated rings. The Balaban J connectivity index is 1.39. The highest BCUT2D eigenvalue weighted by Crippen LogP contribution is 2.45. The minimum Gasteiger partial charge on any atom is -0.457 e. The number of anilines is 2. The highest BCUT2D eigenvalue weighted by molar-refractivity contribution is 7.89. The number of benzene rings is 3. The second-order valence-electron chi connectivity index (χ2n) is 9.84. The van der Waals surface area contributed by atoms with Crippen LogP contribution >= 0.6 is 0 Å². The number of nitrogens with zero attached hydrogens (tertiary/aromatic N) is 2. The third-order valence-electron chi connectivity index (χ3n) is 7.47. The van der Waals surface area contributed by atoms with Crippen molar-refractivity contribution in [2.75, 3.05) is 49.6 Å². The molecule has 0 saturated carbocycles. The number of amides is 1. The Morgan fingerprint density at radius 3 is 2.11 bits per heavy atom. The molecule has 1 N–H and O–H groups in total. The summed E-state index contributed by atoms with van der Waals surface area (Å²) in [6.45, 7) is 3.10. The Hall–Kier alpha value is -3.40. The van der Waals surface area contributed by atoms with Crippen LogP contribution < -0.4 is 15.0 Å². The van der Waals surface area contributed by atoms with Gasteiger partial charge in [-0.1, -0.05) is 36.4 Å². The van der Waals surface area contributed by atoms with Gasteiger partial charge in [0, 0.05) is 37.3 Å². The lowest BCUT2D eigenvalue weighted by molar-refractivity contribution is -0.116. The van der Waals surface area contributed by atoms with Gasteiger partial charge < -0.3 is 19.7 Å². The molecule has 0 unspecified atom stereocenters.